The normalized spacial score (nSPS) is 19.8. The first-order valence-corrected chi connectivity index (χ1v) is 7.61. The monoisotopic (exact) mass is 270 g/mol. The molecule has 1 saturated heterocycles. The molecule has 5 heteroatoms. The van der Waals surface area contributed by atoms with Crippen LogP contribution in [0.15, 0.2) is 0 Å². The van der Waals surface area contributed by atoms with Crippen LogP contribution in [0.3, 0.4) is 0 Å². The van der Waals surface area contributed by atoms with Gasteiger partial charge in [0.05, 0.1) is 11.3 Å². The molecule has 18 heavy (non-hydrogen) atoms. The third kappa shape index (κ3) is 4.51. The van der Waals surface area contributed by atoms with Crippen LogP contribution in [0.1, 0.15) is 39.5 Å². The average Bonchev–Trinajstić information content (AvgIpc) is 2.40. The van der Waals surface area contributed by atoms with E-state index in [0.717, 1.165) is 18.6 Å². The highest BCUT2D eigenvalue weighted by molar-refractivity contribution is 8.00. The summed E-state index contributed by atoms with van der Waals surface area (Å²) in [5, 5.41) is 12.1. The predicted molar refractivity (Wildman–Crippen MR) is 73.4 cm³/mol. The second kappa shape index (κ2) is 7.65. The van der Waals surface area contributed by atoms with Crippen molar-refractivity contribution in [1.29, 1.82) is 5.26 Å². The number of rotatable bonds is 6. The lowest BCUT2D eigenvalue weighted by atomic mass is 9.91. The number of hydrogen-bond acceptors (Lipinski definition) is 4. The molecule has 1 aliphatic rings. The van der Waals surface area contributed by atoms with E-state index < -0.39 is 5.54 Å². The molecule has 0 bridgehead atoms. The Bertz CT molecular complexity index is 309. The maximum atomic E-state index is 12.0. The number of amides is 1. The van der Waals surface area contributed by atoms with Crippen molar-refractivity contribution in [2.24, 2.45) is 0 Å². The fourth-order valence-corrected chi connectivity index (χ4v) is 2.82. The Labute approximate surface area is 113 Å². The standard InChI is InChI=1S/C13H22N2O2S/c1-3-4-9-18-11(2)12(16)15-13(10-14)5-7-17-8-6-13/h11H,3-9H2,1-2H3,(H,15,16)/t11-/m1/s1. The van der Waals surface area contributed by atoms with Crippen molar-refractivity contribution in [3.63, 3.8) is 0 Å². The van der Waals surface area contributed by atoms with E-state index in [4.69, 9.17) is 4.74 Å². The molecule has 0 saturated carbocycles. The van der Waals surface area contributed by atoms with Gasteiger partial charge in [-0.1, -0.05) is 13.3 Å². The summed E-state index contributed by atoms with van der Waals surface area (Å²) in [5.41, 5.74) is -0.713. The number of nitrogens with zero attached hydrogens (tertiary/aromatic N) is 1. The van der Waals surface area contributed by atoms with Crippen molar-refractivity contribution in [2.75, 3.05) is 19.0 Å². The Morgan fingerprint density at radius 1 is 1.56 bits per heavy atom. The van der Waals surface area contributed by atoms with E-state index in [-0.39, 0.29) is 11.2 Å². The molecule has 1 heterocycles. The molecule has 4 nitrogen and oxygen atoms in total. The number of thioether (sulfide) groups is 1. The van der Waals surface area contributed by atoms with E-state index in [1.165, 1.54) is 0 Å². The minimum Gasteiger partial charge on any atom is -0.381 e. The van der Waals surface area contributed by atoms with Gasteiger partial charge in [-0.3, -0.25) is 4.79 Å². The first-order valence-electron chi connectivity index (χ1n) is 6.56. The van der Waals surface area contributed by atoms with Gasteiger partial charge in [-0.15, -0.1) is 11.8 Å². The summed E-state index contributed by atoms with van der Waals surface area (Å²) >= 11 is 1.65. The summed E-state index contributed by atoms with van der Waals surface area (Å²) in [6, 6.07) is 2.25. The predicted octanol–water partition coefficient (Wildman–Crippen LogP) is 2.10. The highest BCUT2D eigenvalue weighted by Crippen LogP contribution is 2.21. The van der Waals surface area contributed by atoms with Crippen LogP contribution in [-0.2, 0) is 9.53 Å². The third-order valence-corrected chi connectivity index (χ3v) is 4.40. The SMILES string of the molecule is CCCCS[C@H](C)C(=O)NC1(C#N)CCOCC1. The first kappa shape index (κ1) is 15.3. The van der Waals surface area contributed by atoms with Gasteiger partial charge in [-0.25, -0.2) is 0 Å². The topological polar surface area (TPSA) is 62.1 Å². The second-order valence-electron chi connectivity index (χ2n) is 4.66. The molecular weight excluding hydrogens is 248 g/mol. The zero-order chi connectivity index (χ0) is 13.4. The Kier molecular flexibility index (Phi) is 6.51. The van der Waals surface area contributed by atoms with E-state index >= 15 is 0 Å². The highest BCUT2D eigenvalue weighted by atomic mass is 32.2. The van der Waals surface area contributed by atoms with E-state index in [1.807, 2.05) is 6.92 Å². The first-order chi connectivity index (χ1) is 8.63. The van der Waals surface area contributed by atoms with Gasteiger partial charge in [0.25, 0.3) is 0 Å². The number of carbonyl (C=O) groups is 1. The Hall–Kier alpha value is -0.730. The van der Waals surface area contributed by atoms with Crippen LogP contribution < -0.4 is 5.32 Å². The van der Waals surface area contributed by atoms with Crippen LogP contribution in [-0.4, -0.2) is 35.7 Å². The summed E-state index contributed by atoms with van der Waals surface area (Å²) in [5.74, 6) is 0.966. The van der Waals surface area contributed by atoms with Crippen LogP contribution in [0.25, 0.3) is 0 Å². The summed E-state index contributed by atoms with van der Waals surface area (Å²) < 4.78 is 5.24. The summed E-state index contributed by atoms with van der Waals surface area (Å²) in [4.78, 5) is 12.0. The van der Waals surface area contributed by atoms with Gasteiger partial charge in [0.15, 0.2) is 0 Å². The Morgan fingerprint density at radius 2 is 2.22 bits per heavy atom. The van der Waals surface area contributed by atoms with Gasteiger partial charge < -0.3 is 10.1 Å². The molecule has 0 aromatic rings. The lowest BCUT2D eigenvalue weighted by Gasteiger charge is -2.32. The van der Waals surface area contributed by atoms with Crippen molar-refractivity contribution in [3.8, 4) is 6.07 Å². The third-order valence-electron chi connectivity index (χ3n) is 3.16. The molecule has 0 aromatic heterocycles. The van der Waals surface area contributed by atoms with E-state index in [0.29, 0.717) is 26.1 Å². The number of nitriles is 1. The maximum absolute atomic E-state index is 12.0. The molecule has 0 aliphatic carbocycles. The number of ether oxygens (including phenoxy) is 1. The van der Waals surface area contributed by atoms with Crippen LogP contribution in [0, 0.1) is 11.3 Å². The molecule has 0 unspecified atom stereocenters. The van der Waals surface area contributed by atoms with Crippen molar-refractivity contribution < 1.29 is 9.53 Å². The van der Waals surface area contributed by atoms with Crippen LogP contribution >= 0.6 is 11.8 Å². The molecule has 1 N–H and O–H groups in total. The molecular formula is C13H22N2O2S. The smallest absolute Gasteiger partial charge is 0.234 e. The number of nitrogens with one attached hydrogen (secondary N) is 1. The zero-order valence-electron chi connectivity index (χ0n) is 11.2. The molecule has 1 aliphatic heterocycles. The van der Waals surface area contributed by atoms with E-state index in [1.54, 1.807) is 11.8 Å². The lowest BCUT2D eigenvalue weighted by Crippen LogP contribution is -2.52. The molecule has 1 rings (SSSR count). The van der Waals surface area contributed by atoms with Crippen molar-refractivity contribution in [3.05, 3.63) is 0 Å². The molecule has 1 fully saturated rings. The molecule has 1 atom stereocenters. The second-order valence-corrected chi connectivity index (χ2v) is 6.11. The Morgan fingerprint density at radius 3 is 2.78 bits per heavy atom. The van der Waals surface area contributed by atoms with Gasteiger partial charge in [-0.2, -0.15) is 5.26 Å². The van der Waals surface area contributed by atoms with Crippen LogP contribution in [0.5, 0.6) is 0 Å². The fourth-order valence-electron chi connectivity index (χ4n) is 1.80. The lowest BCUT2D eigenvalue weighted by molar-refractivity contribution is -0.122. The summed E-state index contributed by atoms with van der Waals surface area (Å²) in [6.45, 7) is 5.13. The number of hydrogen-bond donors (Lipinski definition) is 1. The summed E-state index contributed by atoms with van der Waals surface area (Å²) in [7, 11) is 0. The van der Waals surface area contributed by atoms with Gasteiger partial charge in [0, 0.05) is 26.1 Å². The van der Waals surface area contributed by atoms with Crippen LogP contribution in [0.4, 0.5) is 0 Å². The molecule has 0 radical (unpaired) electrons. The molecule has 102 valence electrons. The minimum absolute atomic E-state index is 0.0282. The molecule has 0 spiro atoms. The summed E-state index contributed by atoms with van der Waals surface area (Å²) in [6.07, 6.45) is 3.43. The van der Waals surface area contributed by atoms with Gasteiger partial charge in [0.2, 0.25) is 5.91 Å². The Balaban J connectivity index is 2.44. The van der Waals surface area contributed by atoms with Gasteiger partial charge >= 0.3 is 0 Å². The maximum Gasteiger partial charge on any atom is 0.234 e. The number of carbonyl (C=O) groups excluding carboxylic acids is 1. The van der Waals surface area contributed by atoms with Crippen molar-refractivity contribution in [1.82, 2.24) is 5.32 Å². The largest absolute Gasteiger partial charge is 0.381 e. The number of unbranched alkanes of at least 4 members (excludes halogenated alkanes) is 1. The average molecular weight is 270 g/mol. The molecule has 1 amide bonds. The highest BCUT2D eigenvalue weighted by Gasteiger charge is 2.35. The molecule has 0 aromatic carbocycles. The fraction of sp³-hybridized carbons (Fsp3) is 0.846. The van der Waals surface area contributed by atoms with E-state index in [9.17, 15) is 10.1 Å². The minimum atomic E-state index is -0.713. The quantitative estimate of drug-likeness (QED) is 0.751. The van der Waals surface area contributed by atoms with E-state index in [2.05, 4.69) is 18.3 Å². The van der Waals surface area contributed by atoms with Crippen molar-refractivity contribution >= 4 is 17.7 Å². The van der Waals surface area contributed by atoms with Crippen molar-refractivity contribution in [2.45, 2.75) is 50.3 Å². The van der Waals surface area contributed by atoms with Gasteiger partial charge in [0.1, 0.15) is 5.54 Å². The van der Waals surface area contributed by atoms with Crippen LogP contribution in [0.2, 0.25) is 0 Å². The zero-order valence-corrected chi connectivity index (χ0v) is 12.0. The van der Waals surface area contributed by atoms with Gasteiger partial charge in [-0.05, 0) is 19.1 Å².